The molecule has 0 saturated heterocycles. The van der Waals surface area contributed by atoms with Crippen LogP contribution in [0.5, 0.6) is 0 Å². The first-order valence-corrected chi connectivity index (χ1v) is 7.93. The second-order valence-electron chi connectivity index (χ2n) is 5.45. The van der Waals surface area contributed by atoms with E-state index in [0.29, 0.717) is 9.98 Å². The number of aliphatic imine (C=N–C) groups is 1. The van der Waals surface area contributed by atoms with E-state index in [9.17, 15) is 4.79 Å². The number of carbonyl (C=O) groups excluding carboxylic acids is 1. The lowest BCUT2D eigenvalue weighted by molar-refractivity contribution is 0.256. The Labute approximate surface area is 138 Å². The van der Waals surface area contributed by atoms with Gasteiger partial charge in [-0.15, -0.1) is 0 Å². The monoisotopic (exact) mass is 361 g/mol. The van der Waals surface area contributed by atoms with Crippen molar-refractivity contribution in [3.63, 3.8) is 0 Å². The van der Waals surface area contributed by atoms with Gasteiger partial charge in [-0.25, -0.2) is 9.79 Å². The van der Waals surface area contributed by atoms with Crippen molar-refractivity contribution in [1.82, 2.24) is 0 Å². The molecule has 2 aliphatic heterocycles. The van der Waals surface area contributed by atoms with Gasteiger partial charge < -0.3 is 0 Å². The Hall–Kier alpha value is -2.66. The summed E-state index contributed by atoms with van der Waals surface area (Å²) < 4.78 is 0.518. The highest BCUT2D eigenvalue weighted by molar-refractivity contribution is 9.18. The molecule has 0 unspecified atom stereocenters. The molecule has 0 radical (unpaired) electrons. The van der Waals surface area contributed by atoms with Gasteiger partial charge in [0.2, 0.25) is 0 Å². The molecule has 0 aliphatic carbocycles. The molecule has 5 rings (SSSR count). The number of hydrogen-bond acceptors (Lipinski definition) is 2. The van der Waals surface area contributed by atoms with E-state index in [-0.39, 0.29) is 0 Å². The van der Waals surface area contributed by atoms with E-state index in [1.165, 1.54) is 0 Å². The van der Waals surface area contributed by atoms with E-state index < -0.39 is 6.03 Å². The zero-order valence-electron chi connectivity index (χ0n) is 11.7. The van der Waals surface area contributed by atoms with Gasteiger partial charge in [-0.2, -0.15) is 9.98 Å². The quantitative estimate of drug-likeness (QED) is 0.474. The predicted molar refractivity (Wildman–Crippen MR) is 90.9 cm³/mol. The Kier molecular flexibility index (Phi) is 2.47. The second kappa shape index (κ2) is 4.43. The van der Waals surface area contributed by atoms with Crippen LogP contribution in [0.3, 0.4) is 0 Å². The maximum Gasteiger partial charge on any atom is 0.368 e. The van der Waals surface area contributed by atoms with Crippen LogP contribution in [0.1, 0.15) is 5.56 Å². The van der Waals surface area contributed by atoms with Crippen LogP contribution >= 0.6 is 15.9 Å². The number of benzene rings is 3. The summed E-state index contributed by atoms with van der Waals surface area (Å²) >= 11 is 3.35. The molecule has 0 N–H and O–H groups in total. The number of urea groups is 1. The Bertz CT molecular complexity index is 1290. The topological polar surface area (TPSA) is 54.1 Å². The third-order valence-electron chi connectivity index (χ3n) is 4.18. The van der Waals surface area contributed by atoms with E-state index in [1.54, 1.807) is 0 Å². The number of fused-ring (bicyclic) bond motifs is 6. The Morgan fingerprint density at radius 3 is 2.61 bits per heavy atom. The van der Waals surface area contributed by atoms with Crippen molar-refractivity contribution in [3.05, 3.63) is 75.2 Å². The van der Waals surface area contributed by atoms with E-state index in [1.807, 2.05) is 30.3 Å². The van der Waals surface area contributed by atoms with Crippen molar-refractivity contribution in [2.75, 3.05) is 0 Å². The number of hydrogen-bond donors (Lipinski definition) is 0. The van der Waals surface area contributed by atoms with Crippen LogP contribution in [-0.4, -0.2) is 10.7 Å². The molecule has 2 aliphatic rings. The maximum absolute atomic E-state index is 11.7. The SMILES string of the molecule is O=C1N=C(Br)c2ccc3c(c2=N1)=c1ccc2ccccc2c1=N3. The number of amides is 2. The van der Waals surface area contributed by atoms with Crippen molar-refractivity contribution in [2.45, 2.75) is 0 Å². The first kappa shape index (κ1) is 12.8. The molecule has 2 amide bonds. The average Bonchev–Trinajstić information content (AvgIpc) is 2.94. The van der Waals surface area contributed by atoms with Crippen molar-refractivity contribution in [3.8, 4) is 0 Å². The molecule has 0 spiro atoms. The molecule has 5 heteroatoms. The normalized spacial score (nSPS) is 14.5. The van der Waals surface area contributed by atoms with Crippen LogP contribution < -0.4 is 10.7 Å². The first-order valence-electron chi connectivity index (χ1n) is 7.13. The predicted octanol–water partition coefficient (Wildman–Crippen LogP) is 3.29. The molecule has 0 aromatic heterocycles. The smallest absolute Gasteiger partial charge is 0.247 e. The Balaban J connectivity index is 2.10. The fourth-order valence-corrected chi connectivity index (χ4v) is 3.66. The standard InChI is InChI=1S/C18H8BrN3O/c19-17-12-7-8-13-14(16(12)21-18(23)22-17)11-6-5-9-3-1-2-4-10(9)15(11)20-13/h1-8H. The van der Waals surface area contributed by atoms with Gasteiger partial charge in [0.1, 0.15) is 4.62 Å². The highest BCUT2D eigenvalue weighted by Gasteiger charge is 2.17. The van der Waals surface area contributed by atoms with Crippen LogP contribution in [0.2, 0.25) is 0 Å². The van der Waals surface area contributed by atoms with Crippen molar-refractivity contribution in [2.24, 2.45) is 15.0 Å². The molecular weight excluding hydrogens is 354 g/mol. The molecule has 0 saturated carbocycles. The largest absolute Gasteiger partial charge is 0.368 e. The minimum Gasteiger partial charge on any atom is -0.247 e. The van der Waals surface area contributed by atoms with Crippen LogP contribution in [0, 0.1) is 10.4 Å². The van der Waals surface area contributed by atoms with Gasteiger partial charge in [-0.3, -0.25) is 0 Å². The molecule has 0 atom stereocenters. The number of nitrogens with zero attached hydrogens (tertiary/aromatic N) is 3. The molecule has 0 bridgehead atoms. The molecule has 0 fully saturated rings. The minimum absolute atomic E-state index is 0.494. The number of rotatable bonds is 0. The molecule has 3 aromatic rings. The fourth-order valence-electron chi connectivity index (χ4n) is 3.18. The first-order chi connectivity index (χ1) is 11.2. The van der Waals surface area contributed by atoms with Crippen LogP contribution in [0.4, 0.5) is 10.5 Å². The van der Waals surface area contributed by atoms with Crippen molar-refractivity contribution in [1.29, 1.82) is 0 Å². The van der Waals surface area contributed by atoms with Gasteiger partial charge in [0, 0.05) is 21.4 Å². The third kappa shape index (κ3) is 1.71. The second-order valence-corrected chi connectivity index (χ2v) is 6.20. The lowest BCUT2D eigenvalue weighted by atomic mass is 10.1. The van der Waals surface area contributed by atoms with Gasteiger partial charge in [0.25, 0.3) is 0 Å². The van der Waals surface area contributed by atoms with Crippen molar-refractivity contribution < 1.29 is 4.79 Å². The summed E-state index contributed by atoms with van der Waals surface area (Å²) in [6.45, 7) is 0. The summed E-state index contributed by atoms with van der Waals surface area (Å²) in [5.41, 5.74) is 1.66. The molecule has 108 valence electrons. The zero-order chi connectivity index (χ0) is 15.6. The zero-order valence-corrected chi connectivity index (χ0v) is 13.3. The summed E-state index contributed by atoms with van der Waals surface area (Å²) in [5, 5.41) is 5.75. The summed E-state index contributed by atoms with van der Waals surface area (Å²) in [7, 11) is 0. The van der Waals surface area contributed by atoms with E-state index in [0.717, 1.165) is 37.8 Å². The van der Waals surface area contributed by atoms with Crippen molar-refractivity contribution >= 4 is 43.0 Å². The third-order valence-corrected chi connectivity index (χ3v) is 4.79. The summed E-state index contributed by atoms with van der Waals surface area (Å²) in [4.78, 5) is 24.5. The summed E-state index contributed by atoms with van der Waals surface area (Å²) in [6.07, 6.45) is 0. The molecule has 4 nitrogen and oxygen atoms in total. The molecular formula is C18H8BrN3O. The van der Waals surface area contributed by atoms with Crippen LogP contribution in [0.15, 0.2) is 63.5 Å². The molecule has 2 heterocycles. The van der Waals surface area contributed by atoms with E-state index in [4.69, 9.17) is 4.99 Å². The number of carbonyl (C=O) groups is 1. The van der Waals surface area contributed by atoms with Gasteiger partial charge in [-0.05, 0) is 33.4 Å². The van der Waals surface area contributed by atoms with E-state index in [2.05, 4.69) is 44.1 Å². The molecule has 23 heavy (non-hydrogen) atoms. The highest BCUT2D eigenvalue weighted by Crippen LogP contribution is 2.21. The Morgan fingerprint density at radius 2 is 1.70 bits per heavy atom. The van der Waals surface area contributed by atoms with E-state index >= 15 is 0 Å². The summed E-state index contributed by atoms with van der Waals surface area (Å²) in [5.74, 6) is 0. The minimum atomic E-state index is -0.494. The Morgan fingerprint density at radius 1 is 0.826 bits per heavy atom. The van der Waals surface area contributed by atoms with Gasteiger partial charge in [-0.1, -0.05) is 36.4 Å². The fraction of sp³-hybridized carbons (Fsp3) is 0. The number of halogens is 1. The average molecular weight is 362 g/mol. The summed E-state index contributed by atoms with van der Waals surface area (Å²) in [6, 6.07) is 15.6. The van der Waals surface area contributed by atoms with Crippen LogP contribution in [0.25, 0.3) is 10.8 Å². The van der Waals surface area contributed by atoms with Crippen LogP contribution in [-0.2, 0) is 0 Å². The van der Waals surface area contributed by atoms with Gasteiger partial charge in [0.05, 0.1) is 16.4 Å². The maximum atomic E-state index is 11.7. The highest BCUT2D eigenvalue weighted by atomic mass is 79.9. The lowest BCUT2D eigenvalue weighted by Crippen LogP contribution is -2.21. The lowest BCUT2D eigenvalue weighted by Gasteiger charge is -2.05. The van der Waals surface area contributed by atoms with Gasteiger partial charge in [0.15, 0.2) is 0 Å². The van der Waals surface area contributed by atoms with Gasteiger partial charge >= 0.3 is 6.03 Å². The molecule has 3 aromatic carbocycles.